The van der Waals surface area contributed by atoms with Crippen LogP contribution in [0.4, 0.5) is 0 Å². The van der Waals surface area contributed by atoms with Crippen LogP contribution in [0.2, 0.25) is 0 Å². The molecule has 0 fully saturated rings. The van der Waals surface area contributed by atoms with E-state index in [9.17, 15) is 0 Å². The average molecular weight is 374 g/mol. The van der Waals surface area contributed by atoms with E-state index in [2.05, 4.69) is 43.9 Å². The molecule has 0 amide bonds. The molecule has 28 heavy (non-hydrogen) atoms. The zero-order chi connectivity index (χ0) is 19.1. The van der Waals surface area contributed by atoms with Gasteiger partial charge in [-0.05, 0) is 53.1 Å². The van der Waals surface area contributed by atoms with Crippen molar-refractivity contribution in [2.45, 2.75) is 13.5 Å². The minimum absolute atomic E-state index is 0.600. The highest BCUT2D eigenvalue weighted by molar-refractivity contribution is 5.82. The number of aromatic amines is 1. The van der Waals surface area contributed by atoms with E-state index in [0.717, 1.165) is 33.9 Å². The van der Waals surface area contributed by atoms with Gasteiger partial charge >= 0.3 is 0 Å². The van der Waals surface area contributed by atoms with Gasteiger partial charge in [0.25, 0.3) is 0 Å². The van der Waals surface area contributed by atoms with E-state index < -0.39 is 0 Å². The van der Waals surface area contributed by atoms with Crippen molar-refractivity contribution in [2.24, 2.45) is 0 Å². The number of ether oxygens (including phenoxy) is 1. The van der Waals surface area contributed by atoms with Gasteiger partial charge in [-0.3, -0.25) is 0 Å². The largest absolute Gasteiger partial charge is 0.383 e. The maximum atomic E-state index is 5.30. The lowest BCUT2D eigenvalue weighted by Crippen LogP contribution is -2.06. The number of fused-ring (bicyclic) bond motifs is 2. The summed E-state index contributed by atoms with van der Waals surface area (Å²) in [6.07, 6.45) is 1.80. The number of imidazole rings is 2. The molecule has 5 rings (SSSR count). The zero-order valence-corrected chi connectivity index (χ0v) is 15.5. The van der Waals surface area contributed by atoms with Crippen molar-refractivity contribution in [1.29, 1.82) is 0 Å². The first-order valence-electron chi connectivity index (χ1n) is 8.97. The van der Waals surface area contributed by atoms with Crippen molar-refractivity contribution < 1.29 is 9.37 Å². The molecule has 0 aliphatic rings. The highest BCUT2D eigenvalue weighted by Crippen LogP contribution is 2.27. The molecule has 0 aliphatic carbocycles. The van der Waals surface area contributed by atoms with E-state index in [0.29, 0.717) is 24.2 Å². The molecule has 0 saturated carbocycles. The van der Waals surface area contributed by atoms with E-state index in [-0.39, 0.29) is 0 Å². The van der Waals surface area contributed by atoms with Crippen LogP contribution < -0.4 is 0 Å². The third-order valence-corrected chi connectivity index (χ3v) is 4.77. The second-order valence-electron chi connectivity index (χ2n) is 6.69. The van der Waals surface area contributed by atoms with Gasteiger partial charge in [-0.15, -0.1) is 0 Å². The first-order valence-corrected chi connectivity index (χ1v) is 8.97. The van der Waals surface area contributed by atoms with Crippen LogP contribution in [0.5, 0.6) is 0 Å². The van der Waals surface area contributed by atoms with Crippen LogP contribution >= 0.6 is 0 Å². The third kappa shape index (κ3) is 2.74. The first kappa shape index (κ1) is 16.6. The lowest BCUT2D eigenvalue weighted by atomic mass is 10.2. The fourth-order valence-corrected chi connectivity index (χ4v) is 3.36. The van der Waals surface area contributed by atoms with Gasteiger partial charge in [-0.1, -0.05) is 6.07 Å². The quantitative estimate of drug-likeness (QED) is 0.505. The van der Waals surface area contributed by atoms with Crippen molar-refractivity contribution >= 4 is 22.1 Å². The Kier molecular flexibility index (Phi) is 3.91. The molecule has 3 aromatic heterocycles. The van der Waals surface area contributed by atoms with E-state index in [4.69, 9.17) is 14.3 Å². The Hall–Kier alpha value is -3.52. The SMILES string of the molecule is COCCn1c(-c2cnc(-c3ccc4nonc4c3)[nH]2)nc2ccc(C)cc21. The topological polar surface area (TPSA) is 94.6 Å². The molecular formula is C20H18N6O2. The Bertz CT molecular complexity index is 1280. The number of nitrogens with one attached hydrogen (secondary N) is 1. The second kappa shape index (κ2) is 6.58. The summed E-state index contributed by atoms with van der Waals surface area (Å²) in [6.45, 7) is 3.38. The van der Waals surface area contributed by atoms with Crippen LogP contribution in [-0.4, -0.2) is 43.5 Å². The van der Waals surface area contributed by atoms with Crippen molar-refractivity contribution in [2.75, 3.05) is 13.7 Å². The molecule has 8 heteroatoms. The van der Waals surface area contributed by atoms with Crippen LogP contribution in [0.15, 0.2) is 47.2 Å². The fraction of sp³-hybridized carbons (Fsp3) is 0.200. The Morgan fingerprint density at radius 1 is 1.07 bits per heavy atom. The fourth-order valence-electron chi connectivity index (χ4n) is 3.36. The van der Waals surface area contributed by atoms with Gasteiger partial charge in [0, 0.05) is 19.2 Å². The molecule has 0 radical (unpaired) electrons. The molecule has 1 N–H and O–H groups in total. The molecule has 0 aliphatic heterocycles. The molecule has 0 saturated heterocycles. The summed E-state index contributed by atoms with van der Waals surface area (Å²) in [7, 11) is 1.70. The normalized spacial score (nSPS) is 11.6. The highest BCUT2D eigenvalue weighted by atomic mass is 16.6. The maximum absolute atomic E-state index is 5.30. The molecule has 0 bridgehead atoms. The highest BCUT2D eigenvalue weighted by Gasteiger charge is 2.16. The maximum Gasteiger partial charge on any atom is 0.159 e. The number of methoxy groups -OCH3 is 1. The van der Waals surface area contributed by atoms with Gasteiger partial charge in [0.15, 0.2) is 5.82 Å². The smallest absolute Gasteiger partial charge is 0.159 e. The minimum atomic E-state index is 0.600. The van der Waals surface area contributed by atoms with Gasteiger partial charge in [0.2, 0.25) is 0 Å². The lowest BCUT2D eigenvalue weighted by molar-refractivity contribution is 0.188. The predicted octanol–water partition coefficient (Wildman–Crippen LogP) is 3.58. The van der Waals surface area contributed by atoms with E-state index >= 15 is 0 Å². The Morgan fingerprint density at radius 2 is 1.93 bits per heavy atom. The number of H-pyrrole nitrogens is 1. The lowest BCUT2D eigenvalue weighted by Gasteiger charge is -2.07. The molecule has 0 atom stereocenters. The van der Waals surface area contributed by atoms with Gasteiger partial charge in [0.05, 0.1) is 23.8 Å². The number of hydrogen-bond acceptors (Lipinski definition) is 6. The molecular weight excluding hydrogens is 356 g/mol. The summed E-state index contributed by atoms with van der Waals surface area (Å²) in [5.41, 5.74) is 6.38. The Morgan fingerprint density at radius 3 is 2.82 bits per heavy atom. The van der Waals surface area contributed by atoms with Crippen LogP contribution in [0.3, 0.4) is 0 Å². The number of aryl methyl sites for hydroxylation is 1. The van der Waals surface area contributed by atoms with Crippen molar-refractivity contribution in [3.8, 4) is 22.9 Å². The van der Waals surface area contributed by atoms with Crippen molar-refractivity contribution in [3.63, 3.8) is 0 Å². The standard InChI is InChI=1S/C20H18N6O2/c1-12-3-5-15-18(9-12)26(7-8-27-2)20(23-15)17-11-21-19(22-17)13-4-6-14-16(10-13)25-28-24-14/h3-6,9-11H,7-8H2,1-2H3,(H,21,22). The molecule has 0 spiro atoms. The van der Waals surface area contributed by atoms with Crippen LogP contribution in [0.1, 0.15) is 5.56 Å². The summed E-state index contributed by atoms with van der Waals surface area (Å²) < 4.78 is 12.2. The van der Waals surface area contributed by atoms with Gasteiger partial charge in [0.1, 0.15) is 22.6 Å². The molecule has 2 aromatic carbocycles. The molecule has 3 heterocycles. The average Bonchev–Trinajstić information content (AvgIpc) is 3.43. The summed E-state index contributed by atoms with van der Waals surface area (Å²) in [4.78, 5) is 12.7. The summed E-state index contributed by atoms with van der Waals surface area (Å²) in [5, 5.41) is 7.73. The Labute approximate surface area is 160 Å². The number of aromatic nitrogens is 6. The first-order chi connectivity index (χ1) is 13.7. The molecule has 0 unspecified atom stereocenters. The van der Waals surface area contributed by atoms with E-state index in [1.165, 1.54) is 5.56 Å². The number of nitrogens with zero attached hydrogens (tertiary/aromatic N) is 5. The molecule has 8 nitrogen and oxygen atoms in total. The number of hydrogen-bond donors (Lipinski definition) is 1. The van der Waals surface area contributed by atoms with Gasteiger partial charge in [-0.2, -0.15) is 0 Å². The third-order valence-electron chi connectivity index (χ3n) is 4.77. The Balaban J connectivity index is 1.60. The predicted molar refractivity (Wildman–Crippen MR) is 105 cm³/mol. The van der Waals surface area contributed by atoms with Gasteiger partial charge in [-0.25, -0.2) is 14.6 Å². The van der Waals surface area contributed by atoms with E-state index in [1.807, 2.05) is 24.3 Å². The number of benzene rings is 2. The van der Waals surface area contributed by atoms with Crippen molar-refractivity contribution in [1.82, 2.24) is 29.8 Å². The van der Waals surface area contributed by atoms with Gasteiger partial charge < -0.3 is 14.3 Å². The monoisotopic (exact) mass is 374 g/mol. The second-order valence-corrected chi connectivity index (χ2v) is 6.69. The number of rotatable bonds is 5. The van der Waals surface area contributed by atoms with E-state index in [1.54, 1.807) is 13.3 Å². The minimum Gasteiger partial charge on any atom is -0.383 e. The zero-order valence-electron chi connectivity index (χ0n) is 15.5. The molecule has 140 valence electrons. The molecule has 5 aromatic rings. The van der Waals surface area contributed by atoms with Crippen LogP contribution in [0.25, 0.3) is 45.0 Å². The van der Waals surface area contributed by atoms with Crippen molar-refractivity contribution in [3.05, 3.63) is 48.2 Å². The summed E-state index contributed by atoms with van der Waals surface area (Å²) in [6, 6.07) is 11.9. The van der Waals surface area contributed by atoms with Crippen LogP contribution in [-0.2, 0) is 11.3 Å². The summed E-state index contributed by atoms with van der Waals surface area (Å²) in [5.74, 6) is 1.57. The van der Waals surface area contributed by atoms with Crippen LogP contribution in [0, 0.1) is 6.92 Å². The summed E-state index contributed by atoms with van der Waals surface area (Å²) >= 11 is 0.